The van der Waals surface area contributed by atoms with Gasteiger partial charge in [-0.3, -0.25) is 14.4 Å². The molecule has 1 aromatic carbocycles. The molecule has 0 fully saturated rings. The maximum atomic E-state index is 12.2. The highest BCUT2D eigenvalue weighted by Gasteiger charge is 2.13. The Balaban J connectivity index is 1.44. The summed E-state index contributed by atoms with van der Waals surface area (Å²) in [6, 6.07) is 8.47. The number of nitrogens with one attached hydrogen (secondary N) is 1. The van der Waals surface area contributed by atoms with Gasteiger partial charge in [0.05, 0.1) is 18.3 Å². The Labute approximate surface area is 158 Å². The Kier molecular flexibility index (Phi) is 6.12. The lowest BCUT2D eigenvalue weighted by Crippen LogP contribution is -2.32. The molecular weight excluding hydrogens is 344 g/mol. The van der Waals surface area contributed by atoms with E-state index in [1.54, 1.807) is 4.68 Å². The normalized spacial score (nSPS) is 11.6. The van der Waals surface area contributed by atoms with Crippen LogP contribution < -0.4 is 5.32 Å². The van der Waals surface area contributed by atoms with Gasteiger partial charge in [0, 0.05) is 24.5 Å². The predicted molar refractivity (Wildman–Crippen MR) is 102 cm³/mol. The highest BCUT2D eigenvalue weighted by atomic mass is 16.2. The van der Waals surface area contributed by atoms with Crippen LogP contribution in [0.5, 0.6) is 0 Å². The number of hydrogen-bond donors (Lipinski definition) is 1. The summed E-state index contributed by atoms with van der Waals surface area (Å²) in [5.41, 5.74) is 1.11. The maximum absolute atomic E-state index is 12.2. The Morgan fingerprint density at radius 3 is 2.89 bits per heavy atom. The van der Waals surface area contributed by atoms with Crippen molar-refractivity contribution in [1.82, 2.24) is 40.2 Å². The first-order chi connectivity index (χ1) is 13.0. The van der Waals surface area contributed by atoms with Crippen LogP contribution in [0.15, 0.2) is 30.5 Å². The van der Waals surface area contributed by atoms with E-state index < -0.39 is 0 Å². The van der Waals surface area contributed by atoms with E-state index in [0.29, 0.717) is 25.0 Å². The van der Waals surface area contributed by atoms with Crippen LogP contribution >= 0.6 is 0 Å². The molecule has 0 bridgehead atoms. The quantitative estimate of drug-likeness (QED) is 0.566. The van der Waals surface area contributed by atoms with Gasteiger partial charge in [-0.1, -0.05) is 18.2 Å². The molecule has 1 N–H and O–H groups in total. The second-order valence-electron chi connectivity index (χ2n) is 6.89. The van der Waals surface area contributed by atoms with E-state index in [0.717, 1.165) is 23.9 Å². The Hall–Kier alpha value is -2.81. The van der Waals surface area contributed by atoms with Crippen LogP contribution in [0.2, 0.25) is 0 Å². The van der Waals surface area contributed by atoms with Gasteiger partial charge in [0.2, 0.25) is 5.91 Å². The van der Waals surface area contributed by atoms with Crippen molar-refractivity contribution < 1.29 is 4.79 Å². The molecule has 0 aliphatic heterocycles. The van der Waals surface area contributed by atoms with Crippen molar-refractivity contribution in [3.8, 4) is 0 Å². The number of nitrogens with zero attached hydrogens (tertiary/aromatic N) is 7. The highest BCUT2D eigenvalue weighted by molar-refractivity contribution is 5.78. The minimum absolute atomic E-state index is 0.0962. The summed E-state index contributed by atoms with van der Waals surface area (Å²) >= 11 is 0. The van der Waals surface area contributed by atoms with E-state index in [1.807, 2.05) is 42.2 Å². The van der Waals surface area contributed by atoms with Crippen LogP contribution in [-0.2, 0) is 24.4 Å². The van der Waals surface area contributed by atoms with Gasteiger partial charge in [0.1, 0.15) is 6.54 Å². The second-order valence-corrected chi connectivity index (χ2v) is 6.89. The number of para-hydroxylation sites is 1. The molecule has 0 aliphatic rings. The van der Waals surface area contributed by atoms with E-state index in [-0.39, 0.29) is 12.5 Å². The number of aryl methyl sites for hydroxylation is 1. The van der Waals surface area contributed by atoms with E-state index in [2.05, 4.69) is 44.7 Å². The summed E-state index contributed by atoms with van der Waals surface area (Å²) in [7, 11) is 2.00. The number of aromatic nitrogens is 6. The topological polar surface area (TPSA) is 93.8 Å². The fourth-order valence-corrected chi connectivity index (χ4v) is 2.72. The van der Waals surface area contributed by atoms with Crippen molar-refractivity contribution >= 4 is 16.8 Å². The monoisotopic (exact) mass is 370 g/mol. The molecule has 0 atom stereocenters. The Morgan fingerprint density at radius 1 is 1.26 bits per heavy atom. The average Bonchev–Trinajstić information content (AvgIpc) is 3.26. The van der Waals surface area contributed by atoms with Crippen LogP contribution in [0.25, 0.3) is 10.9 Å². The van der Waals surface area contributed by atoms with Gasteiger partial charge in [0.25, 0.3) is 0 Å². The van der Waals surface area contributed by atoms with Gasteiger partial charge in [-0.05, 0) is 43.8 Å². The predicted octanol–water partition coefficient (Wildman–Crippen LogP) is 1.07. The van der Waals surface area contributed by atoms with Gasteiger partial charge in [0.15, 0.2) is 5.82 Å². The van der Waals surface area contributed by atoms with Crippen LogP contribution in [0.1, 0.15) is 26.1 Å². The molecule has 3 aromatic rings. The molecule has 27 heavy (non-hydrogen) atoms. The third-order valence-corrected chi connectivity index (χ3v) is 4.59. The summed E-state index contributed by atoms with van der Waals surface area (Å²) in [5.74, 6) is 0.588. The van der Waals surface area contributed by atoms with E-state index in [1.165, 1.54) is 0 Å². The molecule has 2 heterocycles. The van der Waals surface area contributed by atoms with Crippen LogP contribution in [-0.4, -0.2) is 60.4 Å². The molecule has 3 rings (SSSR count). The smallest absolute Gasteiger partial charge is 0.241 e. The molecule has 0 spiro atoms. The number of fused-ring (bicyclic) bond motifs is 1. The molecule has 0 aliphatic carbocycles. The van der Waals surface area contributed by atoms with Gasteiger partial charge >= 0.3 is 0 Å². The summed E-state index contributed by atoms with van der Waals surface area (Å²) in [6.45, 7) is 6.26. The van der Waals surface area contributed by atoms with Crippen molar-refractivity contribution in [2.75, 3.05) is 13.6 Å². The molecule has 9 nitrogen and oxygen atoms in total. The van der Waals surface area contributed by atoms with E-state index in [9.17, 15) is 4.79 Å². The summed E-state index contributed by atoms with van der Waals surface area (Å²) in [6.07, 6.45) is 2.66. The largest absolute Gasteiger partial charge is 0.354 e. The molecule has 0 saturated carbocycles. The third-order valence-electron chi connectivity index (χ3n) is 4.59. The molecule has 0 saturated heterocycles. The number of carbonyl (C=O) groups is 1. The first-order valence-corrected chi connectivity index (χ1v) is 9.17. The lowest BCUT2D eigenvalue weighted by molar-refractivity contribution is -0.121. The zero-order valence-electron chi connectivity index (χ0n) is 16.0. The minimum Gasteiger partial charge on any atom is -0.354 e. The van der Waals surface area contributed by atoms with Crippen LogP contribution in [0, 0.1) is 0 Å². The van der Waals surface area contributed by atoms with E-state index in [4.69, 9.17) is 0 Å². The molecule has 1 amide bonds. The SMILES string of the molecule is CC(C)N(C)Cc1nnnn1CC(=O)NCCCn1ncc2ccccc21. The molecule has 0 radical (unpaired) electrons. The molecule has 2 aromatic heterocycles. The van der Waals surface area contributed by atoms with E-state index >= 15 is 0 Å². The van der Waals surface area contributed by atoms with Crippen LogP contribution in [0.3, 0.4) is 0 Å². The number of tetrazole rings is 1. The zero-order chi connectivity index (χ0) is 19.2. The van der Waals surface area contributed by atoms with Crippen molar-refractivity contribution in [3.63, 3.8) is 0 Å². The highest BCUT2D eigenvalue weighted by Crippen LogP contribution is 2.12. The molecular formula is C18H26N8O. The minimum atomic E-state index is -0.0962. The number of hydrogen-bond acceptors (Lipinski definition) is 6. The van der Waals surface area contributed by atoms with Crippen LogP contribution in [0.4, 0.5) is 0 Å². The Morgan fingerprint density at radius 2 is 2.07 bits per heavy atom. The second kappa shape index (κ2) is 8.72. The van der Waals surface area contributed by atoms with Gasteiger partial charge in [-0.25, -0.2) is 4.68 Å². The van der Waals surface area contributed by atoms with Crippen molar-refractivity contribution in [2.45, 2.75) is 45.9 Å². The maximum Gasteiger partial charge on any atom is 0.241 e. The first-order valence-electron chi connectivity index (χ1n) is 9.17. The lowest BCUT2D eigenvalue weighted by Gasteiger charge is -2.19. The number of rotatable bonds is 9. The van der Waals surface area contributed by atoms with Gasteiger partial charge < -0.3 is 5.32 Å². The summed E-state index contributed by atoms with van der Waals surface area (Å²) in [4.78, 5) is 14.3. The summed E-state index contributed by atoms with van der Waals surface area (Å²) < 4.78 is 3.51. The standard InChI is InChI=1S/C18H26N8O/c1-14(2)24(3)12-17-21-22-23-26(17)13-18(27)19-9-6-10-25-16-8-5-4-7-15(16)11-20-25/h4-5,7-8,11,14H,6,9-10,12-13H2,1-3H3,(H,19,27). The average molecular weight is 370 g/mol. The zero-order valence-corrected chi connectivity index (χ0v) is 16.0. The third kappa shape index (κ3) is 4.88. The number of carbonyl (C=O) groups excluding carboxylic acids is 1. The Bertz CT molecular complexity index is 884. The summed E-state index contributed by atoms with van der Waals surface area (Å²) in [5, 5.41) is 20.1. The first kappa shape index (κ1) is 19.0. The molecule has 0 unspecified atom stereocenters. The molecule has 144 valence electrons. The van der Waals surface area contributed by atoms with Crippen molar-refractivity contribution in [3.05, 3.63) is 36.3 Å². The fraction of sp³-hybridized carbons (Fsp3) is 0.500. The van der Waals surface area contributed by atoms with Crippen molar-refractivity contribution in [1.29, 1.82) is 0 Å². The van der Waals surface area contributed by atoms with Crippen molar-refractivity contribution in [2.24, 2.45) is 0 Å². The van der Waals surface area contributed by atoms with Gasteiger partial charge in [-0.15, -0.1) is 5.10 Å². The number of amides is 1. The number of benzene rings is 1. The molecule has 9 heteroatoms. The van der Waals surface area contributed by atoms with Gasteiger partial charge in [-0.2, -0.15) is 5.10 Å². The fourth-order valence-electron chi connectivity index (χ4n) is 2.72. The lowest BCUT2D eigenvalue weighted by atomic mass is 10.2.